The van der Waals surface area contributed by atoms with Crippen molar-refractivity contribution in [3.05, 3.63) is 24.0 Å². The molecule has 3 heteroatoms. The Balaban J connectivity index is 2.72. The van der Waals surface area contributed by atoms with Crippen LogP contribution in [0, 0.1) is 0 Å². The normalized spacial score (nSPS) is 12.6. The quantitative estimate of drug-likeness (QED) is 0.728. The molecule has 0 aliphatic carbocycles. The van der Waals surface area contributed by atoms with Crippen LogP contribution < -0.4 is 10.5 Å². The van der Waals surface area contributed by atoms with Gasteiger partial charge in [0.25, 0.3) is 0 Å². The van der Waals surface area contributed by atoms with Crippen LogP contribution in [0.3, 0.4) is 0 Å². The first-order valence-corrected chi connectivity index (χ1v) is 3.96. The number of hydrogen-bond donors (Lipinski definition) is 1. The summed E-state index contributed by atoms with van der Waals surface area (Å²) in [6.07, 6.45) is 4.33. The molecule has 12 heavy (non-hydrogen) atoms. The molecule has 0 radical (unpaired) electrons. The Hall–Kier alpha value is -1.09. The maximum Gasteiger partial charge on any atom is 0.137 e. The molecule has 0 bridgehead atoms. The van der Waals surface area contributed by atoms with Crippen molar-refractivity contribution >= 4 is 0 Å². The molecular weight excluding hydrogens is 152 g/mol. The van der Waals surface area contributed by atoms with E-state index in [9.17, 15) is 0 Å². The third-order valence-electron chi connectivity index (χ3n) is 1.56. The molecule has 0 amide bonds. The van der Waals surface area contributed by atoms with Crippen molar-refractivity contribution in [3.8, 4) is 5.75 Å². The summed E-state index contributed by atoms with van der Waals surface area (Å²) in [5, 5.41) is 0. The minimum absolute atomic E-state index is 0.166. The van der Waals surface area contributed by atoms with Gasteiger partial charge in [-0.25, -0.2) is 0 Å². The lowest BCUT2D eigenvalue weighted by molar-refractivity contribution is 0.412. The second kappa shape index (κ2) is 4.07. The standard InChI is InChI=1S/C9H14N2O/c1-7(10)3-8-4-9(12-2)6-11-5-8/h4-7H,3,10H2,1-2H3/t7-/m0/s1. The third-order valence-corrected chi connectivity index (χ3v) is 1.56. The summed E-state index contributed by atoms with van der Waals surface area (Å²) in [6, 6.07) is 2.12. The summed E-state index contributed by atoms with van der Waals surface area (Å²) < 4.78 is 5.03. The first-order valence-electron chi connectivity index (χ1n) is 3.96. The van der Waals surface area contributed by atoms with Gasteiger partial charge >= 0.3 is 0 Å². The van der Waals surface area contributed by atoms with Crippen LogP contribution in [0.2, 0.25) is 0 Å². The van der Waals surface area contributed by atoms with Gasteiger partial charge in [-0.15, -0.1) is 0 Å². The first-order chi connectivity index (χ1) is 5.72. The number of ether oxygens (including phenoxy) is 1. The third kappa shape index (κ3) is 2.51. The highest BCUT2D eigenvalue weighted by molar-refractivity contribution is 5.23. The van der Waals surface area contributed by atoms with Gasteiger partial charge < -0.3 is 10.5 Å². The molecule has 1 heterocycles. The molecule has 0 saturated heterocycles. The summed E-state index contributed by atoms with van der Waals surface area (Å²) >= 11 is 0. The summed E-state index contributed by atoms with van der Waals surface area (Å²) in [6.45, 7) is 1.97. The molecule has 0 aliphatic heterocycles. The Morgan fingerprint density at radius 1 is 1.58 bits per heavy atom. The predicted molar refractivity (Wildman–Crippen MR) is 48.1 cm³/mol. The lowest BCUT2D eigenvalue weighted by Gasteiger charge is -2.05. The molecule has 1 rings (SSSR count). The van der Waals surface area contributed by atoms with Crippen molar-refractivity contribution in [2.45, 2.75) is 19.4 Å². The number of nitrogens with two attached hydrogens (primary N) is 1. The molecule has 0 aliphatic rings. The lowest BCUT2D eigenvalue weighted by atomic mass is 10.1. The molecule has 0 fully saturated rings. The molecule has 1 aromatic rings. The topological polar surface area (TPSA) is 48.1 Å². The van der Waals surface area contributed by atoms with Gasteiger partial charge in [0.05, 0.1) is 13.3 Å². The van der Waals surface area contributed by atoms with E-state index in [0.717, 1.165) is 17.7 Å². The molecule has 2 N–H and O–H groups in total. The zero-order valence-electron chi connectivity index (χ0n) is 7.45. The smallest absolute Gasteiger partial charge is 0.137 e. The number of rotatable bonds is 3. The summed E-state index contributed by atoms with van der Waals surface area (Å²) in [7, 11) is 1.63. The zero-order chi connectivity index (χ0) is 8.97. The highest BCUT2D eigenvalue weighted by Crippen LogP contribution is 2.11. The van der Waals surface area contributed by atoms with Crippen molar-refractivity contribution in [2.24, 2.45) is 5.73 Å². The van der Waals surface area contributed by atoms with Crippen molar-refractivity contribution in [3.63, 3.8) is 0 Å². The van der Waals surface area contributed by atoms with Gasteiger partial charge in [-0.2, -0.15) is 0 Å². The number of hydrogen-bond acceptors (Lipinski definition) is 3. The van der Waals surface area contributed by atoms with Gasteiger partial charge in [0.2, 0.25) is 0 Å². The molecule has 0 aromatic carbocycles. The molecule has 1 atom stereocenters. The first kappa shape index (κ1) is 9.00. The van der Waals surface area contributed by atoms with E-state index in [1.807, 2.05) is 19.2 Å². The number of nitrogens with zero attached hydrogens (tertiary/aromatic N) is 1. The van der Waals surface area contributed by atoms with E-state index in [4.69, 9.17) is 10.5 Å². The van der Waals surface area contributed by atoms with Gasteiger partial charge in [-0.05, 0) is 25.0 Å². The van der Waals surface area contributed by atoms with Crippen LogP contribution >= 0.6 is 0 Å². The van der Waals surface area contributed by atoms with Crippen molar-refractivity contribution in [1.82, 2.24) is 4.98 Å². The molecule has 0 unspecified atom stereocenters. The Labute approximate surface area is 72.6 Å². The molecule has 0 spiro atoms. The summed E-state index contributed by atoms with van der Waals surface area (Å²) in [5.74, 6) is 0.785. The molecule has 3 nitrogen and oxygen atoms in total. The Morgan fingerprint density at radius 2 is 2.33 bits per heavy atom. The van der Waals surface area contributed by atoms with Gasteiger partial charge in [-0.3, -0.25) is 4.98 Å². The largest absolute Gasteiger partial charge is 0.495 e. The minimum atomic E-state index is 0.166. The van der Waals surface area contributed by atoms with E-state index in [0.29, 0.717) is 0 Å². The van der Waals surface area contributed by atoms with Crippen LogP contribution in [-0.2, 0) is 6.42 Å². The molecule has 66 valence electrons. The lowest BCUT2D eigenvalue weighted by Crippen LogP contribution is -2.17. The Morgan fingerprint density at radius 3 is 2.92 bits per heavy atom. The predicted octanol–water partition coefficient (Wildman–Crippen LogP) is 0.980. The second-order valence-corrected chi connectivity index (χ2v) is 2.91. The van der Waals surface area contributed by atoms with E-state index < -0.39 is 0 Å². The fourth-order valence-corrected chi connectivity index (χ4v) is 1.06. The maximum absolute atomic E-state index is 5.65. The van der Waals surface area contributed by atoms with Gasteiger partial charge in [-0.1, -0.05) is 0 Å². The van der Waals surface area contributed by atoms with Crippen molar-refractivity contribution in [2.75, 3.05) is 7.11 Å². The summed E-state index contributed by atoms with van der Waals surface area (Å²) in [4.78, 5) is 4.03. The molecular formula is C9H14N2O. The molecule has 0 saturated carbocycles. The second-order valence-electron chi connectivity index (χ2n) is 2.91. The van der Waals surface area contributed by atoms with Gasteiger partial charge in [0, 0.05) is 12.2 Å². The van der Waals surface area contributed by atoms with Crippen molar-refractivity contribution in [1.29, 1.82) is 0 Å². The van der Waals surface area contributed by atoms with Gasteiger partial charge in [0.1, 0.15) is 5.75 Å². The van der Waals surface area contributed by atoms with Crippen LogP contribution in [0.4, 0.5) is 0 Å². The van der Waals surface area contributed by atoms with Crippen LogP contribution in [-0.4, -0.2) is 18.1 Å². The van der Waals surface area contributed by atoms with E-state index in [2.05, 4.69) is 4.98 Å². The number of pyridine rings is 1. The monoisotopic (exact) mass is 166 g/mol. The number of methoxy groups -OCH3 is 1. The van der Waals surface area contributed by atoms with E-state index in [1.54, 1.807) is 13.3 Å². The van der Waals surface area contributed by atoms with Crippen LogP contribution in [0.15, 0.2) is 18.5 Å². The van der Waals surface area contributed by atoms with Crippen LogP contribution in [0.25, 0.3) is 0 Å². The van der Waals surface area contributed by atoms with Crippen LogP contribution in [0.1, 0.15) is 12.5 Å². The van der Waals surface area contributed by atoms with Crippen LogP contribution in [0.5, 0.6) is 5.75 Å². The van der Waals surface area contributed by atoms with E-state index >= 15 is 0 Å². The average molecular weight is 166 g/mol. The average Bonchev–Trinajstić information content (AvgIpc) is 2.03. The SMILES string of the molecule is COc1cncc(C[C@H](C)N)c1. The Bertz CT molecular complexity index is 248. The molecule has 1 aromatic heterocycles. The summed E-state index contributed by atoms with van der Waals surface area (Å²) in [5.41, 5.74) is 6.76. The highest BCUT2D eigenvalue weighted by atomic mass is 16.5. The fraction of sp³-hybridized carbons (Fsp3) is 0.444. The van der Waals surface area contributed by atoms with Gasteiger partial charge in [0.15, 0.2) is 0 Å². The number of aromatic nitrogens is 1. The van der Waals surface area contributed by atoms with E-state index in [1.165, 1.54) is 0 Å². The van der Waals surface area contributed by atoms with E-state index in [-0.39, 0.29) is 6.04 Å². The zero-order valence-corrected chi connectivity index (χ0v) is 7.45. The minimum Gasteiger partial charge on any atom is -0.495 e. The highest BCUT2D eigenvalue weighted by Gasteiger charge is 1.99. The maximum atomic E-state index is 5.65. The fourth-order valence-electron chi connectivity index (χ4n) is 1.06. The van der Waals surface area contributed by atoms with Crippen molar-refractivity contribution < 1.29 is 4.74 Å². The Kier molecular flexibility index (Phi) is 3.05.